The largest absolute Gasteiger partial charge is 0.508 e. The molecule has 0 aliphatic heterocycles. The summed E-state index contributed by atoms with van der Waals surface area (Å²) >= 11 is 1.63. The molecule has 1 aromatic carbocycles. The van der Waals surface area contributed by atoms with Crippen LogP contribution in [0.25, 0.3) is 22.4 Å². The van der Waals surface area contributed by atoms with E-state index in [-0.39, 0.29) is 5.75 Å². The van der Waals surface area contributed by atoms with Crippen LogP contribution >= 0.6 is 11.3 Å². The summed E-state index contributed by atoms with van der Waals surface area (Å²) in [6.07, 6.45) is 0. The van der Waals surface area contributed by atoms with Crippen LogP contribution in [0.2, 0.25) is 0 Å². The van der Waals surface area contributed by atoms with Gasteiger partial charge in [-0.15, -0.1) is 11.3 Å². The number of anilines is 1. The van der Waals surface area contributed by atoms with Gasteiger partial charge in [-0.2, -0.15) is 5.10 Å². The smallest absolute Gasteiger partial charge is 0.136 e. The van der Waals surface area contributed by atoms with Crippen molar-refractivity contribution in [3.63, 3.8) is 0 Å². The maximum Gasteiger partial charge on any atom is 0.136 e. The second-order valence-corrected chi connectivity index (χ2v) is 6.33. The molecule has 3 rings (SSSR count). The van der Waals surface area contributed by atoms with Gasteiger partial charge in [0.05, 0.1) is 5.56 Å². The number of hydrogen-bond donors (Lipinski definition) is 2. The lowest BCUT2D eigenvalue weighted by Crippen LogP contribution is -1.98. The number of aryl methyl sites for hydroxylation is 3. The molecule has 0 aliphatic carbocycles. The summed E-state index contributed by atoms with van der Waals surface area (Å²) in [7, 11) is 1.73. The number of aromatic hydroxyl groups is 1. The van der Waals surface area contributed by atoms with Gasteiger partial charge in [-0.3, -0.25) is 4.68 Å². The predicted octanol–water partition coefficient (Wildman–Crippen LogP) is 3.86. The lowest BCUT2D eigenvalue weighted by molar-refractivity contribution is 0.469. The Kier molecular flexibility index (Phi) is 3.41. The number of halogens is 1. The maximum absolute atomic E-state index is 14.3. The van der Waals surface area contributed by atoms with Gasteiger partial charge < -0.3 is 10.8 Å². The molecule has 114 valence electrons. The number of thiophene rings is 1. The van der Waals surface area contributed by atoms with Gasteiger partial charge in [-0.1, -0.05) is 0 Å². The Labute approximate surface area is 131 Å². The van der Waals surface area contributed by atoms with Crippen LogP contribution in [0.5, 0.6) is 5.75 Å². The number of phenols is 1. The average molecular weight is 317 g/mol. The molecule has 0 amide bonds. The molecule has 4 nitrogen and oxygen atoms in total. The van der Waals surface area contributed by atoms with Gasteiger partial charge >= 0.3 is 0 Å². The second kappa shape index (κ2) is 5.14. The summed E-state index contributed by atoms with van der Waals surface area (Å²) in [6.45, 7) is 4.01. The number of nitrogen functional groups attached to an aromatic ring is 1. The Balaban J connectivity index is 2.33. The normalized spacial score (nSPS) is 11.1. The third kappa shape index (κ3) is 2.16. The van der Waals surface area contributed by atoms with Crippen molar-refractivity contribution in [3.8, 4) is 28.1 Å². The first-order valence-electron chi connectivity index (χ1n) is 6.76. The van der Waals surface area contributed by atoms with Gasteiger partial charge in [-0.05, 0) is 36.9 Å². The molecule has 0 fully saturated rings. The number of hydrogen-bond acceptors (Lipinski definition) is 4. The standard InChI is InChI=1S/C16H16FN3OS/c1-8-7-22-9(2)13(8)14-15(19-20(3)16(14)18)11-5-4-10(21)6-12(11)17/h4-7,21H,18H2,1-3H3. The van der Waals surface area contributed by atoms with Crippen LogP contribution in [0, 0.1) is 19.7 Å². The number of rotatable bonds is 2. The topological polar surface area (TPSA) is 64.1 Å². The number of phenolic OH excluding ortho intramolecular Hbond substituents is 1. The summed E-state index contributed by atoms with van der Waals surface area (Å²) in [4.78, 5) is 1.11. The molecule has 6 heteroatoms. The van der Waals surface area contributed by atoms with Crippen molar-refractivity contribution in [2.45, 2.75) is 13.8 Å². The molecule has 0 spiro atoms. The minimum atomic E-state index is -0.523. The van der Waals surface area contributed by atoms with Gasteiger partial charge in [0.25, 0.3) is 0 Å². The highest BCUT2D eigenvalue weighted by Crippen LogP contribution is 2.42. The van der Waals surface area contributed by atoms with E-state index in [1.807, 2.05) is 19.2 Å². The summed E-state index contributed by atoms with van der Waals surface area (Å²) in [6, 6.07) is 4.05. The van der Waals surface area contributed by atoms with Crippen molar-refractivity contribution in [1.29, 1.82) is 0 Å². The number of nitrogens with zero attached hydrogens (tertiary/aromatic N) is 2. The van der Waals surface area contributed by atoms with E-state index in [0.717, 1.165) is 27.6 Å². The minimum absolute atomic E-state index is 0.116. The third-order valence-electron chi connectivity index (χ3n) is 3.71. The molecular formula is C16H16FN3OS. The second-order valence-electron chi connectivity index (χ2n) is 5.25. The molecule has 0 bridgehead atoms. The molecule has 3 N–H and O–H groups in total. The van der Waals surface area contributed by atoms with E-state index in [1.54, 1.807) is 23.1 Å². The molecule has 22 heavy (non-hydrogen) atoms. The molecule has 0 aliphatic rings. The SMILES string of the molecule is Cc1csc(C)c1-c1c(-c2ccc(O)cc2F)nn(C)c1N. The molecule has 0 radical (unpaired) electrons. The van der Waals surface area contributed by atoms with Gasteiger partial charge in [0.2, 0.25) is 0 Å². The summed E-state index contributed by atoms with van der Waals surface area (Å²) < 4.78 is 15.8. The molecule has 0 saturated carbocycles. The summed E-state index contributed by atoms with van der Waals surface area (Å²) in [5.41, 5.74) is 9.82. The molecule has 0 saturated heterocycles. The highest BCUT2D eigenvalue weighted by atomic mass is 32.1. The zero-order chi connectivity index (χ0) is 16.0. The Morgan fingerprint density at radius 2 is 2.00 bits per heavy atom. The van der Waals surface area contributed by atoms with Crippen molar-refractivity contribution in [2.24, 2.45) is 7.05 Å². The van der Waals surface area contributed by atoms with E-state index in [9.17, 15) is 9.50 Å². The fourth-order valence-electron chi connectivity index (χ4n) is 2.61. The Morgan fingerprint density at radius 1 is 1.27 bits per heavy atom. The average Bonchev–Trinajstić information content (AvgIpc) is 2.91. The first-order chi connectivity index (χ1) is 10.4. The van der Waals surface area contributed by atoms with E-state index < -0.39 is 5.82 Å². The van der Waals surface area contributed by atoms with Crippen LogP contribution in [0.1, 0.15) is 10.4 Å². The zero-order valence-corrected chi connectivity index (χ0v) is 13.3. The van der Waals surface area contributed by atoms with Gasteiger partial charge in [0.1, 0.15) is 23.1 Å². The van der Waals surface area contributed by atoms with Crippen molar-refractivity contribution < 1.29 is 9.50 Å². The third-order valence-corrected chi connectivity index (χ3v) is 4.74. The van der Waals surface area contributed by atoms with Gasteiger partial charge in [-0.25, -0.2) is 4.39 Å². The summed E-state index contributed by atoms with van der Waals surface area (Å²) in [5.74, 6) is -0.147. The van der Waals surface area contributed by atoms with Crippen LogP contribution < -0.4 is 5.73 Å². The first-order valence-corrected chi connectivity index (χ1v) is 7.64. The number of nitrogens with two attached hydrogens (primary N) is 1. The zero-order valence-electron chi connectivity index (χ0n) is 12.5. The minimum Gasteiger partial charge on any atom is -0.508 e. The lowest BCUT2D eigenvalue weighted by atomic mass is 9.98. The van der Waals surface area contributed by atoms with E-state index in [0.29, 0.717) is 17.1 Å². The molecule has 2 heterocycles. The predicted molar refractivity (Wildman–Crippen MR) is 87.5 cm³/mol. The van der Waals surface area contributed by atoms with Crippen molar-refractivity contribution in [2.75, 3.05) is 5.73 Å². The van der Waals surface area contributed by atoms with Crippen LogP contribution in [0.15, 0.2) is 23.6 Å². The van der Waals surface area contributed by atoms with Crippen molar-refractivity contribution >= 4 is 17.2 Å². The van der Waals surface area contributed by atoms with E-state index >= 15 is 0 Å². The maximum atomic E-state index is 14.3. The first kappa shape index (κ1) is 14.6. The van der Waals surface area contributed by atoms with Crippen LogP contribution in [0.4, 0.5) is 10.2 Å². The molecular weight excluding hydrogens is 301 g/mol. The van der Waals surface area contributed by atoms with Crippen molar-refractivity contribution in [3.05, 3.63) is 39.8 Å². The Bertz CT molecular complexity index is 847. The van der Waals surface area contributed by atoms with E-state index in [4.69, 9.17) is 5.73 Å². The van der Waals surface area contributed by atoms with Crippen molar-refractivity contribution in [1.82, 2.24) is 9.78 Å². The Morgan fingerprint density at radius 3 is 2.59 bits per heavy atom. The fourth-order valence-corrected chi connectivity index (χ4v) is 3.47. The van der Waals surface area contributed by atoms with Crippen LogP contribution in [0.3, 0.4) is 0 Å². The molecule has 3 aromatic rings. The summed E-state index contributed by atoms with van der Waals surface area (Å²) in [5, 5.41) is 15.8. The number of benzene rings is 1. The Hall–Kier alpha value is -2.34. The lowest BCUT2D eigenvalue weighted by Gasteiger charge is -2.07. The monoisotopic (exact) mass is 317 g/mol. The van der Waals surface area contributed by atoms with Gasteiger partial charge in [0.15, 0.2) is 0 Å². The number of aromatic nitrogens is 2. The molecule has 2 aromatic heterocycles. The van der Waals surface area contributed by atoms with Crippen LogP contribution in [-0.4, -0.2) is 14.9 Å². The molecule has 0 atom stereocenters. The van der Waals surface area contributed by atoms with E-state index in [2.05, 4.69) is 5.10 Å². The quantitative estimate of drug-likeness (QED) is 0.754. The van der Waals surface area contributed by atoms with Crippen LogP contribution in [-0.2, 0) is 7.05 Å². The van der Waals surface area contributed by atoms with Gasteiger partial charge in [0, 0.05) is 29.1 Å². The van der Waals surface area contributed by atoms with E-state index in [1.165, 1.54) is 12.1 Å². The highest BCUT2D eigenvalue weighted by Gasteiger charge is 2.23. The fraction of sp³-hybridized carbons (Fsp3) is 0.188. The highest BCUT2D eigenvalue weighted by molar-refractivity contribution is 7.10. The molecule has 0 unspecified atom stereocenters.